The van der Waals surface area contributed by atoms with Gasteiger partial charge in [-0.1, -0.05) is 18.2 Å². The number of thiazole rings is 1. The summed E-state index contributed by atoms with van der Waals surface area (Å²) in [4.78, 5) is 10.7. The number of nitrogens with two attached hydrogens (primary N) is 1. The van der Waals surface area contributed by atoms with Crippen molar-refractivity contribution in [2.24, 2.45) is 0 Å². The number of benzene rings is 1. The summed E-state index contributed by atoms with van der Waals surface area (Å²) in [5.41, 5.74) is 9.24. The zero-order valence-electron chi connectivity index (χ0n) is 13.0. The summed E-state index contributed by atoms with van der Waals surface area (Å²) in [5.74, 6) is 0.552. The lowest BCUT2D eigenvalue weighted by Gasteiger charge is -2.09. The molecule has 0 saturated heterocycles. The fourth-order valence-corrected chi connectivity index (χ4v) is 4.31. The van der Waals surface area contributed by atoms with Crippen molar-refractivity contribution >= 4 is 33.7 Å². The van der Waals surface area contributed by atoms with E-state index in [1.54, 1.807) is 0 Å². The Labute approximate surface area is 139 Å². The Morgan fingerprint density at radius 2 is 2.00 bits per heavy atom. The Kier molecular flexibility index (Phi) is 3.87. The van der Waals surface area contributed by atoms with Crippen molar-refractivity contribution in [3.05, 3.63) is 45.9 Å². The average molecular weight is 324 g/mol. The molecule has 2 heterocycles. The van der Waals surface area contributed by atoms with Crippen LogP contribution in [0.15, 0.2) is 30.3 Å². The second kappa shape index (κ2) is 6.16. The van der Waals surface area contributed by atoms with E-state index in [4.69, 9.17) is 10.7 Å². The smallest absolute Gasteiger partial charge is 0.126 e. The first-order chi connectivity index (χ1) is 11.3. The standard InChI is InChI=1S/C18H20N4S/c19-17-11-15(12-5-1-2-6-13(12)21-17)20-10-9-18-22-14-7-3-4-8-16(14)23-18/h1-2,5-6,11H,3-4,7-10H2,(H3,19,20,21). The lowest BCUT2D eigenvalue weighted by Crippen LogP contribution is -2.06. The van der Waals surface area contributed by atoms with Gasteiger partial charge >= 0.3 is 0 Å². The minimum absolute atomic E-state index is 0.552. The normalized spacial score (nSPS) is 13.9. The molecule has 0 bridgehead atoms. The van der Waals surface area contributed by atoms with Crippen LogP contribution in [0.2, 0.25) is 0 Å². The third-order valence-electron chi connectivity index (χ3n) is 4.28. The van der Waals surface area contributed by atoms with E-state index in [9.17, 15) is 0 Å². The van der Waals surface area contributed by atoms with Crippen LogP contribution in [0.3, 0.4) is 0 Å². The van der Waals surface area contributed by atoms with Gasteiger partial charge in [0, 0.05) is 35.0 Å². The Hall–Kier alpha value is -2.14. The Bertz CT molecular complexity index is 817. The largest absolute Gasteiger partial charge is 0.384 e. The van der Waals surface area contributed by atoms with Crippen LogP contribution in [-0.2, 0) is 19.3 Å². The van der Waals surface area contributed by atoms with Gasteiger partial charge in [-0.2, -0.15) is 0 Å². The van der Waals surface area contributed by atoms with E-state index in [1.165, 1.54) is 34.8 Å². The molecule has 1 aromatic carbocycles. The van der Waals surface area contributed by atoms with Crippen LogP contribution < -0.4 is 11.1 Å². The maximum Gasteiger partial charge on any atom is 0.126 e. The van der Waals surface area contributed by atoms with E-state index in [-0.39, 0.29) is 0 Å². The number of rotatable bonds is 4. The van der Waals surface area contributed by atoms with Gasteiger partial charge in [-0.05, 0) is 31.7 Å². The number of nitrogens with one attached hydrogen (secondary N) is 1. The molecule has 5 heteroatoms. The van der Waals surface area contributed by atoms with Crippen molar-refractivity contribution in [3.63, 3.8) is 0 Å². The Balaban J connectivity index is 1.48. The van der Waals surface area contributed by atoms with E-state index < -0.39 is 0 Å². The summed E-state index contributed by atoms with van der Waals surface area (Å²) < 4.78 is 0. The molecule has 0 atom stereocenters. The molecule has 23 heavy (non-hydrogen) atoms. The number of hydrogen-bond acceptors (Lipinski definition) is 5. The minimum Gasteiger partial charge on any atom is -0.384 e. The molecule has 1 aliphatic rings. The van der Waals surface area contributed by atoms with E-state index in [0.717, 1.165) is 36.0 Å². The lowest BCUT2D eigenvalue weighted by atomic mass is 10.0. The molecule has 0 aliphatic heterocycles. The lowest BCUT2D eigenvalue weighted by molar-refractivity contribution is 0.680. The molecular formula is C18H20N4S. The molecule has 4 rings (SSSR count). The highest BCUT2D eigenvalue weighted by molar-refractivity contribution is 7.11. The zero-order valence-corrected chi connectivity index (χ0v) is 13.8. The van der Waals surface area contributed by atoms with Crippen molar-refractivity contribution < 1.29 is 0 Å². The number of fused-ring (bicyclic) bond motifs is 2. The highest BCUT2D eigenvalue weighted by Crippen LogP contribution is 2.27. The number of aromatic nitrogens is 2. The molecule has 0 radical (unpaired) electrons. The summed E-state index contributed by atoms with van der Waals surface area (Å²) in [6.45, 7) is 0.861. The summed E-state index contributed by atoms with van der Waals surface area (Å²) >= 11 is 1.89. The van der Waals surface area contributed by atoms with Crippen LogP contribution in [-0.4, -0.2) is 16.5 Å². The number of aryl methyl sites for hydroxylation is 2. The maximum absolute atomic E-state index is 5.91. The van der Waals surface area contributed by atoms with Gasteiger partial charge < -0.3 is 11.1 Å². The second-order valence-electron chi connectivity index (χ2n) is 5.97. The highest BCUT2D eigenvalue weighted by atomic mass is 32.1. The van der Waals surface area contributed by atoms with Crippen LogP contribution in [0.25, 0.3) is 10.9 Å². The van der Waals surface area contributed by atoms with Gasteiger partial charge in [-0.25, -0.2) is 9.97 Å². The van der Waals surface area contributed by atoms with Crippen molar-refractivity contribution in [3.8, 4) is 0 Å². The topological polar surface area (TPSA) is 63.8 Å². The Morgan fingerprint density at radius 3 is 2.91 bits per heavy atom. The summed E-state index contributed by atoms with van der Waals surface area (Å²) in [6.07, 6.45) is 5.93. The first kappa shape index (κ1) is 14.5. The van der Waals surface area contributed by atoms with Gasteiger partial charge in [0.05, 0.1) is 16.2 Å². The number of pyridine rings is 1. The van der Waals surface area contributed by atoms with Gasteiger partial charge in [-0.15, -0.1) is 11.3 Å². The maximum atomic E-state index is 5.91. The molecule has 3 aromatic rings. The van der Waals surface area contributed by atoms with Gasteiger partial charge in [0.2, 0.25) is 0 Å². The molecule has 0 amide bonds. The third-order valence-corrected chi connectivity index (χ3v) is 5.50. The third kappa shape index (κ3) is 3.01. The fourth-order valence-electron chi connectivity index (χ4n) is 3.16. The van der Waals surface area contributed by atoms with Crippen LogP contribution in [0, 0.1) is 0 Å². The highest BCUT2D eigenvalue weighted by Gasteiger charge is 2.14. The number of anilines is 2. The summed E-state index contributed by atoms with van der Waals surface area (Å²) in [7, 11) is 0. The molecule has 4 nitrogen and oxygen atoms in total. The van der Waals surface area contributed by atoms with Crippen LogP contribution in [0.5, 0.6) is 0 Å². The molecule has 0 unspecified atom stereocenters. The van der Waals surface area contributed by atoms with E-state index in [1.807, 2.05) is 35.6 Å². The number of nitrogen functional groups attached to an aromatic ring is 1. The Morgan fingerprint density at radius 1 is 1.13 bits per heavy atom. The molecule has 118 valence electrons. The average Bonchev–Trinajstić information content (AvgIpc) is 2.97. The van der Waals surface area contributed by atoms with E-state index in [0.29, 0.717) is 5.82 Å². The second-order valence-corrected chi connectivity index (χ2v) is 7.14. The van der Waals surface area contributed by atoms with Crippen molar-refractivity contribution in [1.82, 2.24) is 9.97 Å². The quantitative estimate of drug-likeness (QED) is 0.766. The first-order valence-electron chi connectivity index (χ1n) is 8.16. The first-order valence-corrected chi connectivity index (χ1v) is 8.98. The molecule has 0 spiro atoms. The zero-order chi connectivity index (χ0) is 15.6. The van der Waals surface area contributed by atoms with Crippen LogP contribution in [0.4, 0.5) is 11.5 Å². The van der Waals surface area contributed by atoms with Gasteiger partial charge in [0.25, 0.3) is 0 Å². The SMILES string of the molecule is Nc1cc(NCCc2nc3c(s2)CCCC3)c2ccccc2n1. The van der Waals surface area contributed by atoms with Gasteiger partial charge in [0.15, 0.2) is 0 Å². The summed E-state index contributed by atoms with van der Waals surface area (Å²) in [5, 5.41) is 5.86. The van der Waals surface area contributed by atoms with Crippen molar-refractivity contribution in [2.75, 3.05) is 17.6 Å². The predicted octanol–water partition coefficient (Wildman–Crippen LogP) is 3.81. The number of nitrogens with zero attached hydrogens (tertiary/aromatic N) is 2. The number of hydrogen-bond donors (Lipinski definition) is 2. The summed E-state index contributed by atoms with van der Waals surface area (Å²) in [6, 6.07) is 9.99. The molecule has 1 aliphatic carbocycles. The van der Waals surface area contributed by atoms with Gasteiger partial charge in [-0.3, -0.25) is 0 Å². The van der Waals surface area contributed by atoms with Crippen LogP contribution in [0.1, 0.15) is 28.4 Å². The van der Waals surface area contributed by atoms with Crippen molar-refractivity contribution in [2.45, 2.75) is 32.1 Å². The molecule has 2 aromatic heterocycles. The minimum atomic E-state index is 0.552. The fraction of sp³-hybridized carbons (Fsp3) is 0.333. The van der Waals surface area contributed by atoms with Crippen molar-refractivity contribution in [1.29, 1.82) is 0 Å². The monoisotopic (exact) mass is 324 g/mol. The molecule has 0 saturated carbocycles. The predicted molar refractivity (Wildman–Crippen MR) is 97.1 cm³/mol. The van der Waals surface area contributed by atoms with Gasteiger partial charge in [0.1, 0.15) is 5.82 Å². The molecule has 3 N–H and O–H groups in total. The van der Waals surface area contributed by atoms with E-state index >= 15 is 0 Å². The molecular weight excluding hydrogens is 304 g/mol. The van der Waals surface area contributed by atoms with E-state index in [2.05, 4.69) is 16.4 Å². The molecule has 0 fully saturated rings. The van der Waals surface area contributed by atoms with Crippen LogP contribution >= 0.6 is 11.3 Å². The number of para-hydroxylation sites is 1.